The molecule has 0 bridgehead atoms. The maximum absolute atomic E-state index is 11.6. The second-order valence-electron chi connectivity index (χ2n) is 5.36. The Kier molecular flexibility index (Phi) is 9.62. The molecular weight excluding hydrogens is 309 g/mol. The van der Waals surface area contributed by atoms with Crippen molar-refractivity contribution in [2.75, 3.05) is 13.1 Å². The number of hydrogen-bond donors (Lipinski definition) is 2. The molecule has 4 nitrogen and oxygen atoms in total. The third kappa shape index (κ3) is 6.66. The minimum absolute atomic E-state index is 0. The van der Waals surface area contributed by atoms with Crippen LogP contribution in [0.1, 0.15) is 25.3 Å². The minimum atomic E-state index is -0.426. The van der Waals surface area contributed by atoms with Crippen LogP contribution >= 0.6 is 24.8 Å². The van der Waals surface area contributed by atoms with E-state index in [0.29, 0.717) is 0 Å². The topological polar surface area (TPSA) is 58.4 Å². The van der Waals surface area contributed by atoms with Crippen molar-refractivity contribution in [3.8, 4) is 0 Å². The van der Waals surface area contributed by atoms with Gasteiger partial charge in [-0.25, -0.2) is 0 Å². The van der Waals surface area contributed by atoms with Crippen LogP contribution in [0, 0.1) is 0 Å². The second-order valence-corrected chi connectivity index (χ2v) is 5.36. The van der Waals surface area contributed by atoms with E-state index in [0.717, 1.165) is 32.5 Å². The molecule has 0 saturated carbocycles. The lowest BCUT2D eigenvalue weighted by molar-refractivity contribution is -0.123. The molecule has 21 heavy (non-hydrogen) atoms. The van der Waals surface area contributed by atoms with E-state index >= 15 is 0 Å². The van der Waals surface area contributed by atoms with Gasteiger partial charge in [0.2, 0.25) is 5.91 Å². The van der Waals surface area contributed by atoms with Gasteiger partial charge in [-0.3, -0.25) is 9.69 Å². The van der Waals surface area contributed by atoms with Crippen molar-refractivity contribution >= 4 is 30.7 Å². The standard InChI is InChI=1S/C15H23N3O.2ClH/c1-12(16)15(19)17-14-8-5-9-18(11-14)10-13-6-3-2-4-7-13;;/h2-4,6-7,12,14H,5,8-11,16H2,1H3,(H,17,19);2*1H. The zero-order valence-electron chi connectivity index (χ0n) is 12.3. The van der Waals surface area contributed by atoms with Crippen molar-refractivity contribution in [1.29, 1.82) is 0 Å². The van der Waals surface area contributed by atoms with Gasteiger partial charge in [0.1, 0.15) is 0 Å². The van der Waals surface area contributed by atoms with E-state index in [1.54, 1.807) is 6.92 Å². The molecule has 1 aliphatic heterocycles. The Morgan fingerprint density at radius 3 is 2.67 bits per heavy atom. The summed E-state index contributed by atoms with van der Waals surface area (Å²) in [5, 5.41) is 3.03. The van der Waals surface area contributed by atoms with Gasteiger partial charge in [0, 0.05) is 19.1 Å². The molecule has 6 heteroatoms. The van der Waals surface area contributed by atoms with E-state index in [1.807, 2.05) is 6.07 Å². The van der Waals surface area contributed by atoms with Crippen molar-refractivity contribution in [2.24, 2.45) is 5.73 Å². The van der Waals surface area contributed by atoms with Crippen molar-refractivity contribution < 1.29 is 4.79 Å². The highest BCUT2D eigenvalue weighted by molar-refractivity contribution is 5.85. The van der Waals surface area contributed by atoms with Crippen LogP contribution < -0.4 is 11.1 Å². The zero-order chi connectivity index (χ0) is 13.7. The molecule has 1 amide bonds. The lowest BCUT2D eigenvalue weighted by Crippen LogP contribution is -2.51. The van der Waals surface area contributed by atoms with Crippen LogP contribution in [0.4, 0.5) is 0 Å². The molecule has 0 aromatic heterocycles. The molecule has 2 atom stereocenters. The number of rotatable bonds is 4. The first-order valence-corrected chi connectivity index (χ1v) is 6.97. The summed E-state index contributed by atoms with van der Waals surface area (Å²) in [6.45, 7) is 4.68. The number of halogens is 2. The molecule has 1 aromatic carbocycles. The number of nitrogens with two attached hydrogens (primary N) is 1. The third-order valence-corrected chi connectivity index (χ3v) is 3.51. The summed E-state index contributed by atoms with van der Waals surface area (Å²) in [6.07, 6.45) is 2.17. The van der Waals surface area contributed by atoms with Crippen molar-refractivity contribution in [3.05, 3.63) is 35.9 Å². The highest BCUT2D eigenvalue weighted by atomic mass is 35.5. The Labute approximate surface area is 139 Å². The highest BCUT2D eigenvalue weighted by Crippen LogP contribution is 2.13. The van der Waals surface area contributed by atoms with Crippen LogP contribution in [0.2, 0.25) is 0 Å². The van der Waals surface area contributed by atoms with Gasteiger partial charge in [0.05, 0.1) is 6.04 Å². The van der Waals surface area contributed by atoms with Gasteiger partial charge in [0.25, 0.3) is 0 Å². The Balaban J connectivity index is 0.00000200. The number of nitrogens with zero attached hydrogens (tertiary/aromatic N) is 1. The molecule has 1 aliphatic rings. The van der Waals surface area contributed by atoms with Crippen molar-refractivity contribution in [3.63, 3.8) is 0 Å². The fraction of sp³-hybridized carbons (Fsp3) is 0.533. The summed E-state index contributed by atoms with van der Waals surface area (Å²) < 4.78 is 0. The number of benzene rings is 1. The summed E-state index contributed by atoms with van der Waals surface area (Å²) in [5.74, 6) is -0.0495. The van der Waals surface area contributed by atoms with Crippen LogP contribution in [0.15, 0.2) is 30.3 Å². The molecule has 1 aromatic rings. The first-order valence-electron chi connectivity index (χ1n) is 6.97. The maximum Gasteiger partial charge on any atom is 0.236 e. The summed E-state index contributed by atoms with van der Waals surface area (Å²) in [4.78, 5) is 14.0. The minimum Gasteiger partial charge on any atom is -0.351 e. The van der Waals surface area contributed by atoms with Crippen LogP contribution in [-0.2, 0) is 11.3 Å². The molecule has 2 rings (SSSR count). The van der Waals surface area contributed by atoms with Gasteiger partial charge >= 0.3 is 0 Å². The zero-order valence-corrected chi connectivity index (χ0v) is 14.0. The number of carbonyl (C=O) groups is 1. The van der Waals surface area contributed by atoms with E-state index in [1.165, 1.54) is 5.56 Å². The maximum atomic E-state index is 11.6. The lowest BCUT2D eigenvalue weighted by atomic mass is 10.0. The predicted octanol–water partition coefficient (Wildman–Crippen LogP) is 1.96. The van der Waals surface area contributed by atoms with Gasteiger partial charge in [-0.2, -0.15) is 0 Å². The predicted molar refractivity (Wildman–Crippen MR) is 91.0 cm³/mol. The average molecular weight is 334 g/mol. The number of hydrogen-bond acceptors (Lipinski definition) is 3. The Morgan fingerprint density at radius 1 is 1.38 bits per heavy atom. The van der Waals surface area contributed by atoms with Crippen molar-refractivity contribution in [2.45, 2.75) is 38.4 Å². The molecular formula is C15H25Cl2N3O. The number of likely N-dealkylation sites (tertiary alicyclic amines) is 1. The molecule has 1 fully saturated rings. The number of piperidine rings is 1. The van der Waals surface area contributed by atoms with E-state index < -0.39 is 6.04 Å². The number of nitrogens with one attached hydrogen (secondary N) is 1. The Hall–Kier alpha value is -0.810. The largest absolute Gasteiger partial charge is 0.351 e. The van der Waals surface area contributed by atoms with Gasteiger partial charge in [-0.1, -0.05) is 30.3 Å². The molecule has 1 saturated heterocycles. The summed E-state index contributed by atoms with van der Waals surface area (Å²) in [6, 6.07) is 10.3. The smallest absolute Gasteiger partial charge is 0.236 e. The van der Waals surface area contributed by atoms with E-state index in [-0.39, 0.29) is 36.8 Å². The fourth-order valence-corrected chi connectivity index (χ4v) is 2.49. The number of carbonyl (C=O) groups excluding carboxylic acids is 1. The monoisotopic (exact) mass is 333 g/mol. The molecule has 3 N–H and O–H groups in total. The van der Waals surface area contributed by atoms with Crippen LogP contribution in [0.3, 0.4) is 0 Å². The third-order valence-electron chi connectivity index (χ3n) is 3.51. The molecule has 0 radical (unpaired) electrons. The fourth-order valence-electron chi connectivity index (χ4n) is 2.49. The first kappa shape index (κ1) is 20.2. The van der Waals surface area contributed by atoms with Gasteiger partial charge in [-0.05, 0) is 31.9 Å². The average Bonchev–Trinajstić information content (AvgIpc) is 2.40. The van der Waals surface area contributed by atoms with E-state index in [2.05, 4.69) is 34.5 Å². The molecule has 120 valence electrons. The molecule has 1 heterocycles. The highest BCUT2D eigenvalue weighted by Gasteiger charge is 2.22. The van der Waals surface area contributed by atoms with Crippen LogP contribution in [-0.4, -0.2) is 36.0 Å². The molecule has 0 spiro atoms. The van der Waals surface area contributed by atoms with E-state index in [9.17, 15) is 4.79 Å². The SMILES string of the molecule is CC(N)C(=O)NC1CCCN(Cc2ccccc2)C1.Cl.Cl. The lowest BCUT2D eigenvalue weighted by Gasteiger charge is -2.33. The summed E-state index contributed by atoms with van der Waals surface area (Å²) >= 11 is 0. The van der Waals surface area contributed by atoms with E-state index in [4.69, 9.17) is 5.73 Å². The second kappa shape index (κ2) is 10.0. The summed E-state index contributed by atoms with van der Waals surface area (Å²) in [5.41, 5.74) is 6.91. The first-order chi connectivity index (χ1) is 9.15. The normalized spacial score (nSPS) is 19.8. The van der Waals surface area contributed by atoms with Gasteiger partial charge in [0.15, 0.2) is 0 Å². The molecule has 2 unspecified atom stereocenters. The molecule has 0 aliphatic carbocycles. The van der Waals surface area contributed by atoms with Crippen LogP contribution in [0.5, 0.6) is 0 Å². The van der Waals surface area contributed by atoms with Crippen LogP contribution in [0.25, 0.3) is 0 Å². The summed E-state index contributed by atoms with van der Waals surface area (Å²) in [7, 11) is 0. The van der Waals surface area contributed by atoms with Gasteiger partial charge < -0.3 is 11.1 Å². The number of amides is 1. The quantitative estimate of drug-likeness (QED) is 0.885. The van der Waals surface area contributed by atoms with Crippen molar-refractivity contribution in [1.82, 2.24) is 10.2 Å². The Bertz CT molecular complexity index is 415. The van der Waals surface area contributed by atoms with Gasteiger partial charge in [-0.15, -0.1) is 24.8 Å². The Morgan fingerprint density at radius 2 is 2.05 bits per heavy atom.